The smallest absolute Gasteiger partial charge is 0.332 e. The standard InChI is InChI=1S/C18H25NO8S/c1-18(17(22)23)11-28-16(19-18)13-9-12(20)10-14(15(13)21)27-8-7-26-6-5-25-4-3-24-2/h9-10,20-21H,3-8,11H2,1-2H3,(H,22,23). The van der Waals surface area contributed by atoms with Gasteiger partial charge in [0, 0.05) is 18.9 Å². The van der Waals surface area contributed by atoms with Crippen molar-refractivity contribution < 1.29 is 39.1 Å². The van der Waals surface area contributed by atoms with Gasteiger partial charge in [-0.15, -0.1) is 11.8 Å². The normalized spacial score (nSPS) is 18.9. The number of rotatable bonds is 12. The van der Waals surface area contributed by atoms with Crippen LogP contribution < -0.4 is 4.74 Å². The van der Waals surface area contributed by atoms with E-state index in [1.165, 1.54) is 30.8 Å². The molecule has 1 aromatic rings. The summed E-state index contributed by atoms with van der Waals surface area (Å²) in [6, 6.07) is 2.61. The van der Waals surface area contributed by atoms with E-state index in [4.69, 9.17) is 18.9 Å². The Balaban J connectivity index is 1.90. The lowest BCUT2D eigenvalue weighted by Gasteiger charge is -2.13. The summed E-state index contributed by atoms with van der Waals surface area (Å²) in [6.07, 6.45) is 0. The molecular formula is C18H25NO8S. The fourth-order valence-corrected chi connectivity index (χ4v) is 3.47. The molecule has 1 unspecified atom stereocenters. The average Bonchev–Trinajstić information content (AvgIpc) is 3.06. The van der Waals surface area contributed by atoms with Crippen molar-refractivity contribution in [3.8, 4) is 17.2 Å². The van der Waals surface area contributed by atoms with Crippen molar-refractivity contribution in [1.29, 1.82) is 0 Å². The van der Waals surface area contributed by atoms with Gasteiger partial charge < -0.3 is 34.3 Å². The minimum absolute atomic E-state index is 0.0715. The molecule has 1 aromatic carbocycles. The highest BCUT2D eigenvalue weighted by Gasteiger charge is 2.39. The molecule has 0 aromatic heterocycles. The third-order valence-electron chi connectivity index (χ3n) is 3.88. The van der Waals surface area contributed by atoms with Gasteiger partial charge in [0.2, 0.25) is 0 Å². The molecule has 2 rings (SSSR count). The lowest BCUT2D eigenvalue weighted by atomic mass is 10.1. The van der Waals surface area contributed by atoms with Gasteiger partial charge in [-0.05, 0) is 13.0 Å². The molecule has 28 heavy (non-hydrogen) atoms. The fourth-order valence-electron chi connectivity index (χ4n) is 2.29. The summed E-state index contributed by atoms with van der Waals surface area (Å²) in [5.74, 6) is -1.07. The van der Waals surface area contributed by atoms with Crippen molar-refractivity contribution in [2.45, 2.75) is 12.5 Å². The molecule has 0 bridgehead atoms. The van der Waals surface area contributed by atoms with Crippen molar-refractivity contribution >= 4 is 22.8 Å². The Morgan fingerprint density at radius 3 is 2.39 bits per heavy atom. The molecule has 0 saturated heterocycles. The van der Waals surface area contributed by atoms with Crippen LogP contribution in [0, 0.1) is 0 Å². The minimum Gasteiger partial charge on any atom is -0.508 e. The van der Waals surface area contributed by atoms with Crippen molar-refractivity contribution in [3.05, 3.63) is 17.7 Å². The van der Waals surface area contributed by atoms with Crippen molar-refractivity contribution in [1.82, 2.24) is 0 Å². The SMILES string of the molecule is COCCOCCOCCOc1cc(O)cc(C2=NC(C)(C(=O)O)CS2)c1O. The number of hydrogen-bond acceptors (Lipinski definition) is 9. The van der Waals surface area contributed by atoms with E-state index < -0.39 is 11.5 Å². The fraction of sp³-hybridized carbons (Fsp3) is 0.556. The second-order valence-corrected chi connectivity index (χ2v) is 7.15. The molecule has 0 fully saturated rings. The van der Waals surface area contributed by atoms with E-state index in [0.29, 0.717) is 31.5 Å². The van der Waals surface area contributed by atoms with Crippen LogP contribution in [0.15, 0.2) is 17.1 Å². The van der Waals surface area contributed by atoms with Gasteiger partial charge in [-0.1, -0.05) is 0 Å². The Hall–Kier alpha value is -2.01. The summed E-state index contributed by atoms with van der Waals surface area (Å²) < 4.78 is 21.0. The maximum Gasteiger partial charge on any atom is 0.332 e. The summed E-state index contributed by atoms with van der Waals surface area (Å²) in [6.45, 7) is 3.78. The first-order chi connectivity index (χ1) is 13.4. The molecule has 1 aliphatic heterocycles. The van der Waals surface area contributed by atoms with Crippen LogP contribution in [0.4, 0.5) is 0 Å². The number of nitrogens with zero attached hydrogens (tertiary/aromatic N) is 1. The van der Waals surface area contributed by atoms with Crippen molar-refractivity contribution in [3.63, 3.8) is 0 Å². The molecule has 1 aliphatic rings. The number of aliphatic imine (C=N–C) groups is 1. The maximum atomic E-state index is 11.3. The molecule has 3 N–H and O–H groups in total. The lowest BCUT2D eigenvalue weighted by Crippen LogP contribution is -2.33. The number of phenols is 2. The number of carboxylic acids is 1. The van der Waals surface area contributed by atoms with E-state index in [0.717, 1.165) is 0 Å². The summed E-state index contributed by atoms with van der Waals surface area (Å²) in [5, 5.41) is 30.0. The van der Waals surface area contributed by atoms with Crippen molar-refractivity contribution in [2.75, 3.05) is 52.5 Å². The molecular weight excluding hydrogens is 390 g/mol. The number of methoxy groups -OCH3 is 1. The molecule has 1 heterocycles. The van der Waals surface area contributed by atoms with Crippen LogP contribution >= 0.6 is 11.8 Å². The van der Waals surface area contributed by atoms with E-state index in [1.807, 2.05) is 0 Å². The summed E-state index contributed by atoms with van der Waals surface area (Å²) in [7, 11) is 1.60. The Morgan fingerprint density at radius 1 is 1.14 bits per heavy atom. The summed E-state index contributed by atoms with van der Waals surface area (Å²) in [4.78, 5) is 15.5. The number of aliphatic carboxylic acids is 1. The molecule has 9 nitrogen and oxygen atoms in total. The van der Waals surface area contributed by atoms with Crippen molar-refractivity contribution in [2.24, 2.45) is 4.99 Å². The zero-order valence-corrected chi connectivity index (χ0v) is 16.7. The van der Waals surface area contributed by atoms with Gasteiger partial charge in [-0.25, -0.2) is 4.79 Å². The molecule has 156 valence electrons. The highest BCUT2D eigenvalue weighted by atomic mass is 32.2. The molecule has 10 heteroatoms. The summed E-state index contributed by atoms with van der Waals surface area (Å²) in [5.41, 5.74) is -1.03. The van der Waals surface area contributed by atoms with E-state index in [-0.39, 0.29) is 41.8 Å². The number of benzene rings is 1. The second-order valence-electron chi connectivity index (χ2n) is 6.19. The zero-order valence-electron chi connectivity index (χ0n) is 15.8. The third-order valence-corrected chi connectivity index (χ3v) is 5.17. The van der Waals surface area contributed by atoms with Gasteiger partial charge in [0.15, 0.2) is 17.0 Å². The number of hydrogen-bond donors (Lipinski definition) is 3. The predicted molar refractivity (Wildman–Crippen MR) is 104 cm³/mol. The first-order valence-corrected chi connectivity index (χ1v) is 9.65. The number of carbonyl (C=O) groups is 1. The molecule has 0 aliphatic carbocycles. The van der Waals surface area contributed by atoms with Crippen LogP contribution in [0.25, 0.3) is 0 Å². The van der Waals surface area contributed by atoms with Crippen LogP contribution in [0.2, 0.25) is 0 Å². The lowest BCUT2D eigenvalue weighted by molar-refractivity contribution is -0.141. The van der Waals surface area contributed by atoms with E-state index in [2.05, 4.69) is 4.99 Å². The predicted octanol–water partition coefficient (Wildman–Crippen LogP) is 1.49. The molecule has 0 amide bonds. The number of thioether (sulfide) groups is 1. The maximum absolute atomic E-state index is 11.3. The number of carboxylic acid groups (broad SMARTS) is 1. The van der Waals surface area contributed by atoms with Crippen LogP contribution in [-0.4, -0.2) is 84.4 Å². The third kappa shape index (κ3) is 5.99. The molecule has 0 spiro atoms. The van der Waals surface area contributed by atoms with Gasteiger partial charge in [0.25, 0.3) is 0 Å². The van der Waals surface area contributed by atoms with Gasteiger partial charge in [-0.3, -0.25) is 4.99 Å². The van der Waals surface area contributed by atoms with Gasteiger partial charge in [0.1, 0.15) is 17.4 Å². The topological polar surface area (TPSA) is 127 Å². The number of phenolic OH excluding ortho intramolecular Hbond substituents is 2. The first-order valence-electron chi connectivity index (χ1n) is 8.67. The van der Waals surface area contributed by atoms with Gasteiger partial charge in [-0.2, -0.15) is 0 Å². The second kappa shape index (κ2) is 10.5. The average molecular weight is 415 g/mol. The Kier molecular flexibility index (Phi) is 8.36. The van der Waals surface area contributed by atoms with Crippen LogP contribution in [0.3, 0.4) is 0 Å². The quantitative estimate of drug-likeness (QED) is 0.344. The largest absolute Gasteiger partial charge is 0.508 e. The Labute approximate surface area is 167 Å². The van der Waals surface area contributed by atoms with Crippen LogP contribution in [0.1, 0.15) is 12.5 Å². The Morgan fingerprint density at radius 2 is 1.79 bits per heavy atom. The molecule has 1 atom stereocenters. The van der Waals surface area contributed by atoms with Gasteiger partial charge >= 0.3 is 5.97 Å². The van der Waals surface area contributed by atoms with Crippen LogP contribution in [0.5, 0.6) is 17.2 Å². The number of ether oxygens (including phenoxy) is 4. The first kappa shape index (κ1) is 22.3. The Bertz CT molecular complexity index is 711. The van der Waals surface area contributed by atoms with E-state index >= 15 is 0 Å². The summed E-state index contributed by atoms with van der Waals surface area (Å²) >= 11 is 1.20. The molecule has 0 radical (unpaired) electrons. The van der Waals surface area contributed by atoms with Gasteiger partial charge in [0.05, 0.1) is 38.6 Å². The zero-order chi connectivity index (χ0) is 20.6. The minimum atomic E-state index is -1.27. The highest BCUT2D eigenvalue weighted by molar-refractivity contribution is 8.14. The molecule has 0 saturated carbocycles. The highest BCUT2D eigenvalue weighted by Crippen LogP contribution is 2.40. The number of aromatic hydroxyl groups is 2. The van der Waals surface area contributed by atoms with E-state index in [1.54, 1.807) is 7.11 Å². The van der Waals surface area contributed by atoms with Crippen LogP contribution in [-0.2, 0) is 19.0 Å². The van der Waals surface area contributed by atoms with E-state index in [9.17, 15) is 20.1 Å². The monoisotopic (exact) mass is 415 g/mol.